The lowest BCUT2D eigenvalue weighted by Gasteiger charge is -2.35. The molecule has 1 aromatic carbocycles. The zero-order valence-electron chi connectivity index (χ0n) is 22.9. The predicted octanol–water partition coefficient (Wildman–Crippen LogP) is 2.97. The van der Waals surface area contributed by atoms with Gasteiger partial charge in [-0.3, -0.25) is 0 Å². The van der Waals surface area contributed by atoms with Crippen molar-refractivity contribution in [3.05, 3.63) is 41.6 Å². The first-order valence-electron chi connectivity index (χ1n) is 13.9. The fraction of sp³-hybridized carbons (Fsp3) is 0.556. The predicted molar refractivity (Wildman–Crippen MR) is 150 cm³/mol. The molecular weight excluding hydrogens is 554 g/mol. The zero-order valence-corrected chi connectivity index (χ0v) is 23.7. The molecule has 220 valence electrons. The molecule has 0 amide bonds. The van der Waals surface area contributed by atoms with Gasteiger partial charge in [-0.05, 0) is 73.1 Å². The van der Waals surface area contributed by atoms with E-state index in [0.29, 0.717) is 39.6 Å². The molecule has 2 aromatic heterocycles. The smallest absolute Gasteiger partial charge is 0.251 e. The summed E-state index contributed by atoms with van der Waals surface area (Å²) in [6, 6.07) is 8.70. The fourth-order valence-corrected chi connectivity index (χ4v) is 6.63. The summed E-state index contributed by atoms with van der Waals surface area (Å²) in [6.45, 7) is 3.23. The minimum Gasteiger partial charge on any atom is -0.395 e. The van der Waals surface area contributed by atoms with Crippen molar-refractivity contribution >= 4 is 21.5 Å². The number of tetrazole rings is 1. The summed E-state index contributed by atoms with van der Waals surface area (Å²) in [5, 5.41) is 27.2. The highest BCUT2D eigenvalue weighted by molar-refractivity contribution is 7.89. The largest absolute Gasteiger partial charge is 0.395 e. The van der Waals surface area contributed by atoms with Gasteiger partial charge in [0.2, 0.25) is 15.8 Å². The lowest BCUT2D eigenvalue weighted by molar-refractivity contribution is -0.0221. The molecule has 3 aromatic rings. The molecule has 1 aliphatic carbocycles. The van der Waals surface area contributed by atoms with Gasteiger partial charge in [0, 0.05) is 50.3 Å². The summed E-state index contributed by atoms with van der Waals surface area (Å²) in [6.07, 6.45) is 4.15. The van der Waals surface area contributed by atoms with Crippen LogP contribution in [0.15, 0.2) is 30.3 Å². The number of hydrogen-bond acceptors (Lipinski definition) is 9. The van der Waals surface area contributed by atoms with Crippen LogP contribution in [0.5, 0.6) is 0 Å². The fourth-order valence-electron chi connectivity index (χ4n) is 5.90. The number of aliphatic hydroxyl groups excluding tert-OH is 1. The van der Waals surface area contributed by atoms with E-state index in [2.05, 4.69) is 25.3 Å². The number of aromatic nitrogens is 5. The highest BCUT2D eigenvalue weighted by atomic mass is 32.2. The number of anilines is 2. The average Bonchev–Trinajstić information content (AvgIpc) is 3.48. The molecule has 3 aliphatic rings. The molecule has 2 saturated heterocycles. The van der Waals surface area contributed by atoms with E-state index in [4.69, 9.17) is 5.14 Å². The van der Waals surface area contributed by atoms with Crippen molar-refractivity contribution in [2.24, 2.45) is 10.6 Å². The Bertz CT molecular complexity index is 1540. The summed E-state index contributed by atoms with van der Waals surface area (Å²) >= 11 is 0. The second-order valence-corrected chi connectivity index (χ2v) is 13.3. The third-order valence-electron chi connectivity index (χ3n) is 8.70. The molecule has 1 atom stereocenters. The van der Waals surface area contributed by atoms with E-state index in [9.17, 15) is 22.3 Å². The summed E-state index contributed by atoms with van der Waals surface area (Å²) in [5.74, 6) is -1.71. The van der Waals surface area contributed by atoms with Crippen LogP contribution in [0, 0.1) is 12.3 Å². The molecule has 1 spiro atoms. The van der Waals surface area contributed by atoms with Gasteiger partial charge in [-0.25, -0.2) is 27.3 Å². The van der Waals surface area contributed by atoms with Gasteiger partial charge in [-0.15, -0.1) is 15.0 Å². The first kappa shape index (κ1) is 27.9. The summed E-state index contributed by atoms with van der Waals surface area (Å²) in [5.41, 5.74) is 3.55. The van der Waals surface area contributed by atoms with Gasteiger partial charge in [0.25, 0.3) is 5.92 Å². The summed E-state index contributed by atoms with van der Waals surface area (Å²) < 4.78 is 51.8. The highest BCUT2D eigenvalue weighted by Crippen LogP contribution is 2.54. The van der Waals surface area contributed by atoms with Gasteiger partial charge in [0.1, 0.15) is 16.8 Å². The van der Waals surface area contributed by atoms with Crippen molar-refractivity contribution in [3.8, 4) is 17.1 Å². The number of piperidine rings is 2. The Labute approximate surface area is 237 Å². The molecule has 11 nitrogen and oxygen atoms in total. The maximum atomic E-state index is 13.7. The van der Waals surface area contributed by atoms with E-state index in [0.717, 1.165) is 31.6 Å². The number of alkyl halides is 2. The third-order valence-corrected chi connectivity index (χ3v) is 9.92. The average molecular weight is 589 g/mol. The van der Waals surface area contributed by atoms with Crippen LogP contribution in [-0.2, 0) is 10.0 Å². The van der Waals surface area contributed by atoms with Crippen LogP contribution in [0.2, 0.25) is 0 Å². The van der Waals surface area contributed by atoms with E-state index in [-0.39, 0.29) is 25.9 Å². The summed E-state index contributed by atoms with van der Waals surface area (Å²) in [4.78, 5) is 10.0. The van der Waals surface area contributed by atoms with Crippen molar-refractivity contribution in [3.63, 3.8) is 0 Å². The number of benzene rings is 1. The van der Waals surface area contributed by atoms with Crippen LogP contribution in [0.25, 0.3) is 17.1 Å². The maximum absolute atomic E-state index is 13.7. The molecular formula is C27H34F2N8O3S. The molecule has 2 aliphatic heterocycles. The second-order valence-electron chi connectivity index (χ2n) is 11.6. The topological polar surface area (TPSA) is 143 Å². The first-order chi connectivity index (χ1) is 19.5. The standard InChI is InChI=1S/C27H34F2N8O3S/c1-18-14-20(16-24(31-18)36-12-8-27(28,29)9-13-36)25-32-34-37(33-25)21-3-2-19(23(17-38)41(30,39)40)15-22(21)35-10-6-26(4-5-26)7-11-35/h2-3,14-16,23,38H,4-13,17H2,1H3,(H2,30,39,40). The maximum Gasteiger partial charge on any atom is 0.251 e. The third kappa shape index (κ3) is 5.77. The normalized spacial score (nSPS) is 20.8. The van der Waals surface area contributed by atoms with Gasteiger partial charge >= 0.3 is 0 Å². The number of aryl methyl sites for hydroxylation is 1. The molecule has 1 unspecified atom stereocenters. The zero-order chi connectivity index (χ0) is 29.0. The van der Waals surface area contributed by atoms with Crippen molar-refractivity contribution < 1.29 is 22.3 Å². The Balaban J connectivity index is 1.33. The highest BCUT2D eigenvalue weighted by Gasteiger charge is 2.44. The molecule has 4 heterocycles. The van der Waals surface area contributed by atoms with Gasteiger partial charge in [-0.2, -0.15) is 0 Å². The number of pyridine rings is 1. The van der Waals surface area contributed by atoms with Crippen molar-refractivity contribution in [2.45, 2.75) is 56.6 Å². The van der Waals surface area contributed by atoms with Crippen molar-refractivity contribution in [1.29, 1.82) is 0 Å². The van der Waals surface area contributed by atoms with Gasteiger partial charge in [-0.1, -0.05) is 6.07 Å². The Morgan fingerprint density at radius 2 is 1.66 bits per heavy atom. The molecule has 3 fully saturated rings. The number of sulfonamides is 1. The first-order valence-corrected chi connectivity index (χ1v) is 15.5. The number of primary sulfonamides is 1. The molecule has 6 rings (SSSR count). The monoisotopic (exact) mass is 588 g/mol. The molecule has 0 bridgehead atoms. The number of rotatable bonds is 7. The van der Waals surface area contributed by atoms with Crippen molar-refractivity contribution in [1.82, 2.24) is 25.2 Å². The molecule has 41 heavy (non-hydrogen) atoms. The van der Waals surface area contributed by atoms with Crippen LogP contribution in [-0.4, -0.2) is 77.4 Å². The minimum atomic E-state index is -4.03. The SMILES string of the molecule is Cc1cc(-c2nnn(-c3ccc(C(CO)S(N)(=O)=O)cc3N3CCC4(CC3)CC4)n2)cc(N2CCC(F)(F)CC2)n1. The summed E-state index contributed by atoms with van der Waals surface area (Å²) in [7, 11) is -4.03. The number of nitrogens with two attached hydrogens (primary N) is 1. The lowest BCUT2D eigenvalue weighted by atomic mass is 9.93. The van der Waals surface area contributed by atoms with E-state index in [1.807, 2.05) is 17.9 Å². The van der Waals surface area contributed by atoms with E-state index < -0.39 is 27.8 Å². The molecule has 0 radical (unpaired) electrons. The Kier molecular flexibility index (Phi) is 6.97. The number of aliphatic hydroxyl groups is 1. The Hall–Kier alpha value is -3.23. The molecule has 14 heteroatoms. The molecule has 1 saturated carbocycles. The lowest BCUT2D eigenvalue weighted by Crippen LogP contribution is -2.39. The van der Waals surface area contributed by atoms with Crippen LogP contribution < -0.4 is 14.9 Å². The van der Waals surface area contributed by atoms with Gasteiger partial charge in [0.15, 0.2) is 0 Å². The molecule has 3 N–H and O–H groups in total. The van der Waals surface area contributed by atoms with Crippen LogP contribution in [0.4, 0.5) is 20.3 Å². The Morgan fingerprint density at radius 3 is 2.29 bits per heavy atom. The van der Waals surface area contributed by atoms with Gasteiger partial charge in [0.05, 0.1) is 12.3 Å². The quantitative estimate of drug-likeness (QED) is 0.426. The van der Waals surface area contributed by atoms with E-state index in [1.165, 1.54) is 17.6 Å². The van der Waals surface area contributed by atoms with Crippen LogP contribution in [0.1, 0.15) is 55.0 Å². The van der Waals surface area contributed by atoms with E-state index in [1.54, 1.807) is 24.3 Å². The van der Waals surface area contributed by atoms with Crippen molar-refractivity contribution in [2.75, 3.05) is 42.6 Å². The van der Waals surface area contributed by atoms with E-state index >= 15 is 0 Å². The Morgan fingerprint density at radius 1 is 0.976 bits per heavy atom. The second kappa shape index (κ2) is 10.2. The number of hydrogen-bond donors (Lipinski definition) is 2. The number of halogens is 2. The van der Waals surface area contributed by atoms with Crippen LogP contribution in [0.3, 0.4) is 0 Å². The number of nitrogens with zero attached hydrogens (tertiary/aromatic N) is 7. The van der Waals surface area contributed by atoms with Gasteiger partial charge < -0.3 is 14.9 Å². The minimum absolute atomic E-state index is 0.212. The van der Waals surface area contributed by atoms with Crippen LogP contribution >= 0.6 is 0 Å².